The molecule has 0 unspecified atom stereocenters. The Morgan fingerprint density at radius 2 is 1.70 bits per heavy atom. The van der Waals surface area contributed by atoms with Gasteiger partial charge in [0, 0.05) is 11.1 Å². The van der Waals surface area contributed by atoms with Gasteiger partial charge < -0.3 is 4.74 Å². The monoisotopic (exact) mass is 399 g/mol. The predicted octanol–water partition coefficient (Wildman–Crippen LogP) is 4.64. The molecule has 0 atom stereocenters. The number of aromatic nitrogens is 2. The minimum absolute atomic E-state index is 0.342. The number of nitrogens with zero attached hydrogens (tertiary/aromatic N) is 2. The van der Waals surface area contributed by atoms with Gasteiger partial charge in [0.25, 0.3) is 5.91 Å². The highest BCUT2D eigenvalue weighted by Crippen LogP contribution is 2.31. The number of hydrogen-bond donors (Lipinski definition) is 2. The lowest BCUT2D eigenvalue weighted by molar-refractivity contribution is 0.0707. The number of ether oxygens (including phenoxy) is 1. The maximum Gasteiger partial charge on any atom is 0.275 e. The molecule has 6 heteroatoms. The summed E-state index contributed by atoms with van der Waals surface area (Å²) < 4.78 is 7.10. The van der Waals surface area contributed by atoms with Gasteiger partial charge in [-0.05, 0) is 43.3 Å². The molecule has 4 aromatic rings. The number of nitrogens with one attached hydrogen (secondary N) is 1. The van der Waals surface area contributed by atoms with Crippen LogP contribution < -0.4 is 10.2 Å². The summed E-state index contributed by atoms with van der Waals surface area (Å²) in [7, 11) is 1.63. The van der Waals surface area contributed by atoms with Crippen LogP contribution in [0.15, 0.2) is 78.9 Å². The van der Waals surface area contributed by atoms with Crippen LogP contribution in [0.25, 0.3) is 28.2 Å². The lowest BCUT2D eigenvalue weighted by atomic mass is 10.0. The molecule has 6 nitrogen and oxygen atoms in total. The third-order valence-electron chi connectivity index (χ3n) is 4.92. The molecule has 1 aromatic heterocycles. The van der Waals surface area contributed by atoms with Gasteiger partial charge in [-0.2, -0.15) is 5.10 Å². The first-order valence-electron chi connectivity index (χ1n) is 9.46. The van der Waals surface area contributed by atoms with Gasteiger partial charge in [0.1, 0.15) is 5.75 Å². The second kappa shape index (κ2) is 8.23. The summed E-state index contributed by atoms with van der Waals surface area (Å²) in [5.74, 6) is 0.175. The first kappa shape index (κ1) is 19.4. The number of hydroxylamine groups is 1. The maximum atomic E-state index is 12.1. The van der Waals surface area contributed by atoms with Gasteiger partial charge in [-0.3, -0.25) is 10.0 Å². The summed E-state index contributed by atoms with van der Waals surface area (Å²) in [6.07, 6.45) is 0. The molecule has 4 rings (SSSR count). The minimum atomic E-state index is -0.582. The van der Waals surface area contributed by atoms with Crippen molar-refractivity contribution in [1.82, 2.24) is 15.3 Å². The Morgan fingerprint density at radius 3 is 2.37 bits per heavy atom. The van der Waals surface area contributed by atoms with Crippen LogP contribution in [0.2, 0.25) is 0 Å². The quantitative estimate of drug-likeness (QED) is 0.379. The van der Waals surface area contributed by atoms with Crippen molar-refractivity contribution in [3.8, 4) is 34.0 Å². The first-order chi connectivity index (χ1) is 14.6. The fourth-order valence-corrected chi connectivity index (χ4v) is 3.33. The number of benzene rings is 3. The molecule has 0 radical (unpaired) electrons. The van der Waals surface area contributed by atoms with Gasteiger partial charge >= 0.3 is 0 Å². The number of aryl methyl sites for hydroxylation is 1. The summed E-state index contributed by atoms with van der Waals surface area (Å²) in [4.78, 5) is 12.1. The first-order valence-corrected chi connectivity index (χ1v) is 9.46. The van der Waals surface area contributed by atoms with E-state index in [1.54, 1.807) is 24.7 Å². The molecule has 0 spiro atoms. The van der Waals surface area contributed by atoms with Gasteiger partial charge in [-0.25, -0.2) is 10.2 Å². The van der Waals surface area contributed by atoms with Gasteiger partial charge in [-0.1, -0.05) is 48.0 Å². The molecule has 30 heavy (non-hydrogen) atoms. The smallest absolute Gasteiger partial charge is 0.275 e. The third kappa shape index (κ3) is 3.68. The van der Waals surface area contributed by atoms with E-state index in [0.29, 0.717) is 16.8 Å². The van der Waals surface area contributed by atoms with E-state index < -0.39 is 5.91 Å². The highest BCUT2D eigenvalue weighted by molar-refractivity contribution is 6.00. The molecule has 0 aliphatic carbocycles. The van der Waals surface area contributed by atoms with Gasteiger partial charge in [0.2, 0.25) is 0 Å². The van der Waals surface area contributed by atoms with Gasteiger partial charge in [-0.15, -0.1) is 0 Å². The second-order valence-electron chi connectivity index (χ2n) is 6.88. The highest BCUT2D eigenvalue weighted by Gasteiger charge is 2.18. The lowest BCUT2D eigenvalue weighted by Crippen LogP contribution is -2.19. The molecule has 0 bridgehead atoms. The van der Waals surface area contributed by atoms with E-state index in [-0.39, 0.29) is 0 Å². The standard InChI is InChI=1S/C24H21N3O3/c1-16-7-9-17(10-8-16)23-15-22(20-5-3-4-6-21(20)24(28)26-29)25-27(23)18-11-13-19(30-2)14-12-18/h3-15,29H,1-2H3,(H,26,28). The summed E-state index contributed by atoms with van der Waals surface area (Å²) in [5.41, 5.74) is 7.22. The minimum Gasteiger partial charge on any atom is -0.497 e. The number of carbonyl (C=O) groups is 1. The number of carbonyl (C=O) groups excluding carboxylic acids is 1. The van der Waals surface area contributed by atoms with Crippen molar-refractivity contribution in [2.24, 2.45) is 0 Å². The van der Waals surface area contributed by atoms with Crippen molar-refractivity contribution < 1.29 is 14.7 Å². The van der Waals surface area contributed by atoms with E-state index in [2.05, 4.69) is 0 Å². The van der Waals surface area contributed by atoms with E-state index in [4.69, 9.17) is 15.0 Å². The summed E-state index contributed by atoms with van der Waals surface area (Å²) >= 11 is 0. The summed E-state index contributed by atoms with van der Waals surface area (Å²) in [6.45, 7) is 2.04. The average Bonchev–Trinajstić information content (AvgIpc) is 3.24. The van der Waals surface area contributed by atoms with Crippen LogP contribution in [0.4, 0.5) is 0 Å². The number of rotatable bonds is 5. The van der Waals surface area contributed by atoms with Crippen molar-refractivity contribution in [2.75, 3.05) is 7.11 Å². The van der Waals surface area contributed by atoms with Crippen LogP contribution in [0.3, 0.4) is 0 Å². The Morgan fingerprint density at radius 1 is 1.00 bits per heavy atom. The SMILES string of the molecule is COc1ccc(-n2nc(-c3ccccc3C(=O)NO)cc2-c2ccc(C)cc2)cc1. The fourth-order valence-electron chi connectivity index (χ4n) is 3.33. The van der Waals surface area contributed by atoms with Crippen LogP contribution in [-0.2, 0) is 0 Å². The van der Waals surface area contributed by atoms with Crippen LogP contribution in [0.1, 0.15) is 15.9 Å². The zero-order valence-corrected chi connectivity index (χ0v) is 16.7. The van der Waals surface area contributed by atoms with E-state index in [1.165, 1.54) is 5.56 Å². The van der Waals surface area contributed by atoms with Crippen molar-refractivity contribution >= 4 is 5.91 Å². The third-order valence-corrected chi connectivity index (χ3v) is 4.92. The van der Waals surface area contributed by atoms with Crippen LogP contribution in [0, 0.1) is 6.92 Å². The lowest BCUT2D eigenvalue weighted by Gasteiger charge is -2.09. The molecule has 150 valence electrons. The Balaban J connectivity index is 1.90. The molecule has 0 fully saturated rings. The molecule has 0 saturated heterocycles. The van der Waals surface area contributed by atoms with E-state index in [0.717, 1.165) is 22.7 Å². The van der Waals surface area contributed by atoms with Crippen molar-refractivity contribution in [3.05, 3.63) is 90.0 Å². The Hall–Kier alpha value is -3.90. The molecule has 3 aromatic carbocycles. The molecule has 0 aliphatic rings. The highest BCUT2D eigenvalue weighted by atomic mass is 16.5. The number of hydrogen-bond acceptors (Lipinski definition) is 4. The molecule has 2 N–H and O–H groups in total. The van der Waals surface area contributed by atoms with Crippen molar-refractivity contribution in [1.29, 1.82) is 0 Å². The summed E-state index contributed by atoms with van der Waals surface area (Å²) in [6, 6.07) is 24.8. The molecule has 0 saturated carbocycles. The van der Waals surface area contributed by atoms with E-state index in [9.17, 15) is 4.79 Å². The zero-order chi connectivity index (χ0) is 21.1. The largest absolute Gasteiger partial charge is 0.497 e. The maximum absolute atomic E-state index is 12.1. The van der Waals surface area contributed by atoms with Crippen LogP contribution >= 0.6 is 0 Å². The normalized spacial score (nSPS) is 10.6. The Bertz CT molecular complexity index is 1180. The molecule has 1 amide bonds. The number of amides is 1. The van der Waals surface area contributed by atoms with Gasteiger partial charge in [0.15, 0.2) is 0 Å². The van der Waals surface area contributed by atoms with E-state index >= 15 is 0 Å². The van der Waals surface area contributed by atoms with Crippen molar-refractivity contribution in [2.45, 2.75) is 6.92 Å². The number of methoxy groups -OCH3 is 1. The topological polar surface area (TPSA) is 76.4 Å². The molecular formula is C24H21N3O3. The predicted molar refractivity (Wildman–Crippen MR) is 115 cm³/mol. The Kier molecular flexibility index (Phi) is 5.32. The van der Waals surface area contributed by atoms with Crippen LogP contribution in [0.5, 0.6) is 5.75 Å². The zero-order valence-electron chi connectivity index (χ0n) is 16.7. The molecular weight excluding hydrogens is 378 g/mol. The Labute approximate surface area is 174 Å². The van der Waals surface area contributed by atoms with Crippen molar-refractivity contribution in [3.63, 3.8) is 0 Å². The van der Waals surface area contributed by atoms with Gasteiger partial charge in [0.05, 0.1) is 29.7 Å². The fraction of sp³-hybridized carbons (Fsp3) is 0.0833. The summed E-state index contributed by atoms with van der Waals surface area (Å²) in [5, 5.41) is 13.9. The average molecular weight is 399 g/mol. The molecule has 0 aliphatic heterocycles. The van der Waals surface area contributed by atoms with Crippen LogP contribution in [-0.4, -0.2) is 28.0 Å². The second-order valence-corrected chi connectivity index (χ2v) is 6.88. The van der Waals surface area contributed by atoms with E-state index in [1.807, 2.05) is 78.3 Å². The molecule has 1 heterocycles.